The first kappa shape index (κ1) is 25.1. The van der Waals surface area contributed by atoms with Crippen molar-refractivity contribution >= 4 is 24.2 Å². The number of piperidine rings is 2. The van der Waals surface area contributed by atoms with Crippen LogP contribution < -0.4 is 15.4 Å². The molecule has 0 aromatic heterocycles. The summed E-state index contributed by atoms with van der Waals surface area (Å²) < 4.78 is 6.15. The zero-order valence-corrected chi connectivity index (χ0v) is 21.6. The smallest absolute Gasteiger partial charge is 0.226 e. The molecular formula is C29H36ClN3O3. The maximum absolute atomic E-state index is 13.6. The Bertz CT molecular complexity index is 1120. The molecule has 0 radical (unpaired) electrons. The van der Waals surface area contributed by atoms with E-state index in [0.717, 1.165) is 61.4 Å². The molecule has 2 amide bonds. The van der Waals surface area contributed by atoms with Crippen LogP contribution in [0.2, 0.25) is 0 Å². The number of benzene rings is 2. The molecule has 3 fully saturated rings. The number of nitrogens with zero attached hydrogens (tertiary/aromatic N) is 1. The van der Waals surface area contributed by atoms with Crippen LogP contribution in [0.1, 0.15) is 43.2 Å². The fourth-order valence-corrected chi connectivity index (χ4v) is 6.55. The second-order valence-electron chi connectivity index (χ2n) is 11.1. The van der Waals surface area contributed by atoms with Crippen molar-refractivity contribution in [2.24, 2.45) is 16.7 Å². The summed E-state index contributed by atoms with van der Waals surface area (Å²) in [4.78, 5) is 29.0. The van der Waals surface area contributed by atoms with E-state index in [2.05, 4.69) is 28.8 Å². The zero-order valence-electron chi connectivity index (χ0n) is 20.8. The summed E-state index contributed by atoms with van der Waals surface area (Å²) in [5.74, 6) is 2.24. The Labute approximate surface area is 219 Å². The van der Waals surface area contributed by atoms with Crippen LogP contribution in [-0.2, 0) is 22.4 Å². The molecule has 6 rings (SSSR count). The maximum Gasteiger partial charge on any atom is 0.226 e. The Morgan fingerprint density at radius 1 is 0.917 bits per heavy atom. The van der Waals surface area contributed by atoms with Gasteiger partial charge in [-0.15, -0.1) is 12.4 Å². The summed E-state index contributed by atoms with van der Waals surface area (Å²) in [7, 11) is 0. The number of nitrogens with one attached hydrogen (secondary N) is 2. The van der Waals surface area contributed by atoms with Crippen molar-refractivity contribution in [3.63, 3.8) is 0 Å². The quantitative estimate of drug-likeness (QED) is 0.607. The number of amides is 2. The number of ether oxygens (including phenoxy) is 1. The number of fused-ring (bicyclic) bond motifs is 4. The number of carbonyl (C=O) groups excluding carboxylic acids is 2. The molecule has 1 aliphatic carbocycles. The van der Waals surface area contributed by atoms with E-state index in [1.165, 1.54) is 0 Å². The lowest BCUT2D eigenvalue weighted by atomic mass is 9.72. The van der Waals surface area contributed by atoms with E-state index in [9.17, 15) is 9.59 Å². The van der Waals surface area contributed by atoms with Crippen LogP contribution in [-0.4, -0.2) is 49.4 Å². The van der Waals surface area contributed by atoms with Gasteiger partial charge in [0.25, 0.3) is 0 Å². The predicted molar refractivity (Wildman–Crippen MR) is 142 cm³/mol. The first-order chi connectivity index (χ1) is 17.1. The van der Waals surface area contributed by atoms with E-state index in [-0.39, 0.29) is 29.6 Å². The van der Waals surface area contributed by atoms with Gasteiger partial charge in [0.15, 0.2) is 0 Å². The highest BCUT2D eigenvalue weighted by molar-refractivity contribution is 5.86. The fraction of sp³-hybridized carbons (Fsp3) is 0.517. The van der Waals surface area contributed by atoms with Crippen molar-refractivity contribution in [3.8, 4) is 11.5 Å². The molecule has 2 saturated heterocycles. The van der Waals surface area contributed by atoms with Gasteiger partial charge < -0.3 is 20.3 Å². The van der Waals surface area contributed by atoms with E-state index in [0.29, 0.717) is 44.8 Å². The van der Waals surface area contributed by atoms with Crippen LogP contribution in [0, 0.1) is 16.7 Å². The highest BCUT2D eigenvalue weighted by Crippen LogP contribution is 2.59. The van der Waals surface area contributed by atoms with Crippen LogP contribution in [0.4, 0.5) is 0 Å². The lowest BCUT2D eigenvalue weighted by Crippen LogP contribution is -2.52. The number of hydrogen-bond acceptors (Lipinski definition) is 4. The topological polar surface area (TPSA) is 70.7 Å². The van der Waals surface area contributed by atoms with Crippen LogP contribution in [0.25, 0.3) is 0 Å². The molecule has 3 heterocycles. The van der Waals surface area contributed by atoms with Crippen molar-refractivity contribution in [3.05, 3.63) is 59.7 Å². The van der Waals surface area contributed by atoms with Gasteiger partial charge >= 0.3 is 0 Å². The first-order valence-electron chi connectivity index (χ1n) is 13.2. The van der Waals surface area contributed by atoms with Crippen molar-refractivity contribution in [2.45, 2.75) is 44.9 Å². The second-order valence-corrected chi connectivity index (χ2v) is 11.1. The zero-order chi connectivity index (χ0) is 23.9. The van der Waals surface area contributed by atoms with Crippen LogP contribution in [0.3, 0.4) is 0 Å². The van der Waals surface area contributed by atoms with E-state index < -0.39 is 5.41 Å². The van der Waals surface area contributed by atoms with Gasteiger partial charge in [-0.05, 0) is 98.8 Å². The molecule has 2 N–H and O–H groups in total. The number of likely N-dealkylation sites (tertiary alicyclic amines) is 1. The lowest BCUT2D eigenvalue weighted by molar-refractivity contribution is -0.142. The van der Waals surface area contributed by atoms with E-state index in [4.69, 9.17) is 4.74 Å². The van der Waals surface area contributed by atoms with Gasteiger partial charge in [-0.1, -0.05) is 24.3 Å². The summed E-state index contributed by atoms with van der Waals surface area (Å²) in [6.45, 7) is 3.98. The minimum Gasteiger partial charge on any atom is -0.457 e. The molecule has 6 nitrogen and oxygen atoms in total. The molecule has 192 valence electrons. The normalized spacial score (nSPS) is 24.3. The van der Waals surface area contributed by atoms with Crippen molar-refractivity contribution < 1.29 is 14.3 Å². The van der Waals surface area contributed by atoms with Crippen LogP contribution >= 0.6 is 12.4 Å². The summed E-state index contributed by atoms with van der Waals surface area (Å²) in [6.07, 6.45) is 6.10. The molecule has 1 unspecified atom stereocenters. The van der Waals surface area contributed by atoms with Crippen LogP contribution in [0.5, 0.6) is 11.5 Å². The molecule has 1 saturated carbocycles. The van der Waals surface area contributed by atoms with Gasteiger partial charge in [-0.2, -0.15) is 0 Å². The summed E-state index contributed by atoms with van der Waals surface area (Å²) in [6, 6.07) is 16.2. The molecule has 4 bridgehead atoms. The number of hydrogen-bond donors (Lipinski definition) is 2. The fourth-order valence-electron chi connectivity index (χ4n) is 6.55. The second kappa shape index (κ2) is 10.1. The standard InChI is InChI=1S/C29H35N3O3.ClH/c33-26(25-20-28(25)8-13-30-14-9-28)32-15-10-29(11-16-32)19-22-4-2-6-24(18-22)35-23-5-1-3-21(17-23)7-12-31-27(29)34;/h1-6,17-18,25,30H,7-16,19-20H2,(H,31,34);1H. The van der Waals surface area contributed by atoms with E-state index in [1.807, 2.05) is 35.2 Å². The van der Waals surface area contributed by atoms with Gasteiger partial charge in [0.05, 0.1) is 5.41 Å². The minimum atomic E-state index is -0.502. The average Bonchev–Trinajstić information content (AvgIpc) is 3.56. The van der Waals surface area contributed by atoms with Crippen molar-refractivity contribution in [1.29, 1.82) is 0 Å². The molecule has 2 aromatic rings. The van der Waals surface area contributed by atoms with Crippen molar-refractivity contribution in [2.75, 3.05) is 32.7 Å². The largest absolute Gasteiger partial charge is 0.457 e. The molecular weight excluding hydrogens is 474 g/mol. The van der Waals surface area contributed by atoms with Gasteiger partial charge in [0, 0.05) is 25.6 Å². The predicted octanol–water partition coefficient (Wildman–Crippen LogP) is 4.11. The molecule has 36 heavy (non-hydrogen) atoms. The Kier molecular flexibility index (Phi) is 7.01. The molecule has 4 aliphatic rings. The van der Waals surface area contributed by atoms with Crippen molar-refractivity contribution in [1.82, 2.24) is 15.5 Å². The van der Waals surface area contributed by atoms with Crippen LogP contribution in [0.15, 0.2) is 48.5 Å². The molecule has 1 atom stereocenters. The highest BCUT2D eigenvalue weighted by Gasteiger charge is 2.59. The third-order valence-electron chi connectivity index (χ3n) is 8.88. The van der Waals surface area contributed by atoms with Gasteiger partial charge in [-0.25, -0.2) is 0 Å². The van der Waals surface area contributed by atoms with Gasteiger partial charge in [-0.3, -0.25) is 9.59 Å². The summed E-state index contributed by atoms with van der Waals surface area (Å²) in [5, 5.41) is 6.66. The molecule has 7 heteroatoms. The molecule has 2 aromatic carbocycles. The first-order valence-corrected chi connectivity index (χ1v) is 13.2. The third-order valence-corrected chi connectivity index (χ3v) is 8.88. The number of rotatable bonds is 1. The van der Waals surface area contributed by atoms with Gasteiger partial charge in [0.2, 0.25) is 11.8 Å². The van der Waals surface area contributed by atoms with Gasteiger partial charge in [0.1, 0.15) is 11.5 Å². The Balaban J connectivity index is 0.00000267. The maximum atomic E-state index is 13.6. The SMILES string of the molecule is Cl.O=C(C1CC12CCNCC2)N1CCC2(CC1)Cc1cccc(c1)Oc1cccc(c1)CCNC2=O. The Morgan fingerprint density at radius 3 is 2.31 bits per heavy atom. The Morgan fingerprint density at radius 2 is 1.58 bits per heavy atom. The minimum absolute atomic E-state index is 0. The molecule has 2 spiro atoms. The summed E-state index contributed by atoms with van der Waals surface area (Å²) >= 11 is 0. The molecule has 3 aliphatic heterocycles. The van der Waals surface area contributed by atoms with E-state index >= 15 is 0 Å². The monoisotopic (exact) mass is 509 g/mol. The number of halogens is 1. The average molecular weight is 510 g/mol. The third kappa shape index (κ3) is 4.85. The lowest BCUT2D eigenvalue weighted by Gasteiger charge is -2.41. The summed E-state index contributed by atoms with van der Waals surface area (Å²) in [5.41, 5.74) is 1.99. The number of carbonyl (C=O) groups is 2. The van der Waals surface area contributed by atoms with E-state index in [1.54, 1.807) is 0 Å². The highest BCUT2D eigenvalue weighted by atomic mass is 35.5. The Hall–Kier alpha value is -2.57.